The maximum Gasteiger partial charge on any atom is 0.315 e. The molecule has 3 atom stereocenters. The molecule has 1 aliphatic heterocycles. The SMILES string of the molecule is O=C(NCc1ccnc(-n2ccnc2)c1)N[C@@H]1CCC[C@H]2OCC[C@H]12. The summed E-state index contributed by atoms with van der Waals surface area (Å²) in [7, 11) is 0. The molecule has 2 amide bonds. The fourth-order valence-electron chi connectivity index (χ4n) is 3.86. The van der Waals surface area contributed by atoms with Gasteiger partial charge in [-0.25, -0.2) is 14.8 Å². The van der Waals surface area contributed by atoms with Gasteiger partial charge in [0.2, 0.25) is 0 Å². The molecule has 2 aromatic rings. The molecular weight excluding hydrogens is 318 g/mol. The number of carbonyl (C=O) groups excluding carboxylic acids is 1. The number of nitrogens with one attached hydrogen (secondary N) is 2. The normalized spacial score (nSPS) is 25.4. The van der Waals surface area contributed by atoms with Crippen LogP contribution in [0.4, 0.5) is 4.79 Å². The Hall–Kier alpha value is -2.41. The van der Waals surface area contributed by atoms with E-state index >= 15 is 0 Å². The fourth-order valence-corrected chi connectivity index (χ4v) is 3.86. The van der Waals surface area contributed by atoms with E-state index in [2.05, 4.69) is 20.6 Å². The molecule has 0 unspecified atom stereocenters. The number of carbonyl (C=O) groups is 1. The van der Waals surface area contributed by atoms with Gasteiger partial charge in [0.1, 0.15) is 12.1 Å². The predicted octanol–water partition coefficient (Wildman–Crippen LogP) is 2.02. The summed E-state index contributed by atoms with van der Waals surface area (Å²) < 4.78 is 7.60. The highest BCUT2D eigenvalue weighted by Crippen LogP contribution is 2.34. The van der Waals surface area contributed by atoms with Gasteiger partial charge < -0.3 is 15.4 Å². The molecule has 2 N–H and O–H groups in total. The molecule has 25 heavy (non-hydrogen) atoms. The Bertz CT molecular complexity index is 718. The van der Waals surface area contributed by atoms with Crippen molar-refractivity contribution in [1.29, 1.82) is 0 Å². The van der Waals surface area contributed by atoms with Crippen molar-refractivity contribution in [2.24, 2.45) is 5.92 Å². The average molecular weight is 341 g/mol. The highest BCUT2D eigenvalue weighted by molar-refractivity contribution is 5.74. The van der Waals surface area contributed by atoms with Crippen LogP contribution in [-0.2, 0) is 11.3 Å². The van der Waals surface area contributed by atoms with Crippen LogP contribution in [0.1, 0.15) is 31.2 Å². The van der Waals surface area contributed by atoms with E-state index in [1.165, 1.54) is 0 Å². The van der Waals surface area contributed by atoms with E-state index < -0.39 is 0 Å². The maximum absolute atomic E-state index is 12.3. The first kappa shape index (κ1) is 16.1. The third kappa shape index (κ3) is 3.66. The van der Waals surface area contributed by atoms with Crippen LogP contribution in [0, 0.1) is 5.92 Å². The average Bonchev–Trinajstić information content (AvgIpc) is 3.32. The van der Waals surface area contributed by atoms with Crippen LogP contribution >= 0.6 is 0 Å². The molecule has 7 heteroatoms. The molecule has 7 nitrogen and oxygen atoms in total. The van der Waals surface area contributed by atoms with Crippen molar-refractivity contribution in [3.8, 4) is 5.82 Å². The number of rotatable bonds is 4. The summed E-state index contributed by atoms with van der Waals surface area (Å²) in [5, 5.41) is 6.10. The van der Waals surface area contributed by atoms with Crippen LogP contribution in [0.2, 0.25) is 0 Å². The third-order valence-electron chi connectivity index (χ3n) is 5.13. The van der Waals surface area contributed by atoms with Gasteiger partial charge in [0.05, 0.1) is 6.10 Å². The van der Waals surface area contributed by atoms with Gasteiger partial charge in [-0.2, -0.15) is 0 Å². The zero-order valence-corrected chi connectivity index (χ0v) is 14.1. The van der Waals surface area contributed by atoms with Crippen LogP contribution in [0.3, 0.4) is 0 Å². The van der Waals surface area contributed by atoms with E-state index in [1.54, 1.807) is 18.7 Å². The number of hydrogen-bond donors (Lipinski definition) is 2. The second-order valence-corrected chi connectivity index (χ2v) is 6.72. The number of nitrogens with zero attached hydrogens (tertiary/aromatic N) is 3. The lowest BCUT2D eigenvalue weighted by atomic mass is 9.82. The quantitative estimate of drug-likeness (QED) is 0.891. The van der Waals surface area contributed by atoms with Crippen molar-refractivity contribution in [2.75, 3.05) is 6.61 Å². The van der Waals surface area contributed by atoms with Gasteiger partial charge in [0.15, 0.2) is 0 Å². The predicted molar refractivity (Wildman–Crippen MR) is 92.2 cm³/mol. The highest BCUT2D eigenvalue weighted by atomic mass is 16.5. The largest absolute Gasteiger partial charge is 0.378 e. The lowest BCUT2D eigenvalue weighted by Gasteiger charge is -2.33. The zero-order chi connectivity index (χ0) is 17.1. The van der Waals surface area contributed by atoms with Crippen LogP contribution in [-0.4, -0.2) is 39.3 Å². The van der Waals surface area contributed by atoms with Crippen molar-refractivity contribution in [3.05, 3.63) is 42.6 Å². The molecule has 1 saturated carbocycles. The summed E-state index contributed by atoms with van der Waals surface area (Å²) >= 11 is 0. The first-order valence-electron chi connectivity index (χ1n) is 8.89. The summed E-state index contributed by atoms with van der Waals surface area (Å²) in [4.78, 5) is 20.6. The summed E-state index contributed by atoms with van der Waals surface area (Å²) in [5.41, 5.74) is 1.000. The van der Waals surface area contributed by atoms with Crippen LogP contribution in [0.15, 0.2) is 37.1 Å². The molecule has 3 heterocycles. The maximum atomic E-state index is 12.3. The number of ether oxygens (including phenoxy) is 1. The van der Waals surface area contributed by atoms with Crippen molar-refractivity contribution in [2.45, 2.75) is 44.4 Å². The van der Waals surface area contributed by atoms with Crippen LogP contribution in [0.5, 0.6) is 0 Å². The minimum Gasteiger partial charge on any atom is -0.378 e. The number of urea groups is 1. The third-order valence-corrected chi connectivity index (χ3v) is 5.13. The van der Waals surface area contributed by atoms with Gasteiger partial charge in [0, 0.05) is 43.7 Å². The van der Waals surface area contributed by atoms with Crippen molar-refractivity contribution >= 4 is 6.03 Å². The standard InChI is InChI=1S/C18H23N5O2/c24-18(22-15-2-1-3-16-14(15)5-9-25-16)21-11-13-4-6-20-17(10-13)23-8-7-19-12-23/h4,6-8,10,12,14-16H,1-3,5,9,11H2,(H2,21,22,24)/t14-,15-,16-/m1/s1. The Morgan fingerprint density at radius 3 is 3.16 bits per heavy atom. The van der Waals surface area contributed by atoms with Crippen LogP contribution < -0.4 is 10.6 Å². The lowest BCUT2D eigenvalue weighted by molar-refractivity contribution is 0.0549. The van der Waals surface area contributed by atoms with Gasteiger partial charge >= 0.3 is 6.03 Å². The number of amides is 2. The van der Waals surface area contributed by atoms with E-state index in [0.717, 1.165) is 43.7 Å². The molecule has 0 aromatic carbocycles. The number of aromatic nitrogens is 3. The number of pyridine rings is 1. The summed E-state index contributed by atoms with van der Waals surface area (Å²) in [5.74, 6) is 1.25. The molecule has 0 bridgehead atoms. The molecule has 132 valence electrons. The van der Waals surface area contributed by atoms with Crippen molar-refractivity contribution < 1.29 is 9.53 Å². The number of fused-ring (bicyclic) bond motifs is 1. The van der Waals surface area contributed by atoms with Crippen molar-refractivity contribution in [1.82, 2.24) is 25.2 Å². The molecule has 0 spiro atoms. The molecule has 1 saturated heterocycles. The molecule has 0 radical (unpaired) electrons. The summed E-state index contributed by atoms with van der Waals surface area (Å²) in [6.07, 6.45) is 11.7. The second kappa shape index (κ2) is 7.23. The van der Waals surface area contributed by atoms with E-state index in [4.69, 9.17) is 4.74 Å². The lowest BCUT2D eigenvalue weighted by Crippen LogP contribution is -2.49. The molecule has 1 aliphatic carbocycles. The Kier molecular flexibility index (Phi) is 4.65. The molecule has 4 rings (SSSR count). The Morgan fingerprint density at radius 2 is 2.28 bits per heavy atom. The second-order valence-electron chi connectivity index (χ2n) is 6.72. The van der Waals surface area contributed by atoms with E-state index in [9.17, 15) is 4.79 Å². The Morgan fingerprint density at radius 1 is 1.32 bits per heavy atom. The van der Waals surface area contributed by atoms with Gasteiger partial charge in [-0.15, -0.1) is 0 Å². The molecule has 2 aromatic heterocycles. The van der Waals surface area contributed by atoms with E-state index in [-0.39, 0.29) is 12.1 Å². The van der Waals surface area contributed by atoms with Gasteiger partial charge in [0.25, 0.3) is 0 Å². The smallest absolute Gasteiger partial charge is 0.315 e. The van der Waals surface area contributed by atoms with Gasteiger partial charge in [-0.3, -0.25) is 4.57 Å². The first-order chi connectivity index (χ1) is 12.3. The monoisotopic (exact) mass is 341 g/mol. The summed E-state index contributed by atoms with van der Waals surface area (Å²) in [6, 6.07) is 3.96. The first-order valence-corrected chi connectivity index (χ1v) is 8.89. The van der Waals surface area contributed by atoms with Crippen LogP contribution in [0.25, 0.3) is 5.82 Å². The van der Waals surface area contributed by atoms with E-state index in [1.807, 2.05) is 22.9 Å². The number of hydrogen-bond acceptors (Lipinski definition) is 4. The fraction of sp³-hybridized carbons (Fsp3) is 0.500. The molecule has 2 aliphatic rings. The topological polar surface area (TPSA) is 81.1 Å². The highest BCUT2D eigenvalue weighted by Gasteiger charge is 2.38. The molecular formula is C18H23N5O2. The zero-order valence-electron chi connectivity index (χ0n) is 14.1. The molecule has 2 fully saturated rings. The van der Waals surface area contributed by atoms with Gasteiger partial charge in [-0.1, -0.05) is 0 Å². The Labute approximate surface area is 146 Å². The minimum absolute atomic E-state index is 0.112. The van der Waals surface area contributed by atoms with Crippen molar-refractivity contribution in [3.63, 3.8) is 0 Å². The minimum atomic E-state index is -0.112. The Balaban J connectivity index is 1.32. The van der Waals surface area contributed by atoms with E-state index in [0.29, 0.717) is 18.6 Å². The van der Waals surface area contributed by atoms with Gasteiger partial charge in [-0.05, 0) is 43.4 Å². The summed E-state index contributed by atoms with van der Waals surface area (Å²) in [6.45, 7) is 1.29. The number of imidazole rings is 1.